The van der Waals surface area contributed by atoms with E-state index in [-0.39, 0.29) is 0 Å². The van der Waals surface area contributed by atoms with Gasteiger partial charge in [-0.1, -0.05) is 13.0 Å². The minimum atomic E-state index is -0.750. The van der Waals surface area contributed by atoms with E-state index < -0.39 is 11.9 Å². The van der Waals surface area contributed by atoms with Crippen LogP contribution in [-0.4, -0.2) is 15.6 Å². The van der Waals surface area contributed by atoms with Gasteiger partial charge in [0, 0.05) is 23.6 Å². The molecule has 0 fully saturated rings. The summed E-state index contributed by atoms with van der Waals surface area (Å²) in [5.41, 5.74) is 3.21. The minimum Gasteiger partial charge on any atom is -0.481 e. The van der Waals surface area contributed by atoms with Gasteiger partial charge in [-0.2, -0.15) is 0 Å². The average molecular weight is 231 g/mol. The Morgan fingerprint density at radius 3 is 2.71 bits per heavy atom. The van der Waals surface area contributed by atoms with Crippen LogP contribution in [0.4, 0.5) is 0 Å². The van der Waals surface area contributed by atoms with Crippen molar-refractivity contribution >= 4 is 16.9 Å². The number of fused-ring (bicyclic) bond motifs is 1. The van der Waals surface area contributed by atoms with Crippen molar-refractivity contribution in [3.05, 3.63) is 35.5 Å². The molecule has 0 amide bonds. The molecule has 0 aliphatic carbocycles. The van der Waals surface area contributed by atoms with Crippen molar-refractivity contribution in [3.8, 4) is 0 Å². The van der Waals surface area contributed by atoms with Gasteiger partial charge in [-0.15, -0.1) is 0 Å². The van der Waals surface area contributed by atoms with Gasteiger partial charge in [-0.25, -0.2) is 0 Å². The summed E-state index contributed by atoms with van der Waals surface area (Å²) < 4.78 is 2.11. The first-order chi connectivity index (χ1) is 8.04. The second-order valence-corrected chi connectivity index (χ2v) is 4.46. The van der Waals surface area contributed by atoms with E-state index in [0.29, 0.717) is 6.42 Å². The molecule has 3 nitrogen and oxygen atoms in total. The predicted octanol–water partition coefficient (Wildman–Crippen LogP) is 3.06. The van der Waals surface area contributed by atoms with E-state index in [9.17, 15) is 4.79 Å². The summed E-state index contributed by atoms with van der Waals surface area (Å²) in [5, 5.41) is 10.3. The SMILES string of the molecule is CCC(C(=O)O)c1ccc2c(c1)cc(C)n2C. The summed E-state index contributed by atoms with van der Waals surface area (Å²) in [4.78, 5) is 11.1. The first kappa shape index (κ1) is 11.7. The van der Waals surface area contributed by atoms with Crippen LogP contribution in [0, 0.1) is 6.92 Å². The molecule has 0 aliphatic heterocycles. The molecule has 17 heavy (non-hydrogen) atoms. The van der Waals surface area contributed by atoms with Crippen LogP contribution in [0.1, 0.15) is 30.5 Å². The molecule has 2 rings (SSSR count). The lowest BCUT2D eigenvalue weighted by Gasteiger charge is -2.10. The monoisotopic (exact) mass is 231 g/mol. The summed E-state index contributed by atoms with van der Waals surface area (Å²) in [6.45, 7) is 3.95. The number of nitrogens with zero attached hydrogens (tertiary/aromatic N) is 1. The van der Waals surface area contributed by atoms with E-state index >= 15 is 0 Å². The highest BCUT2D eigenvalue weighted by atomic mass is 16.4. The van der Waals surface area contributed by atoms with Crippen LogP contribution in [-0.2, 0) is 11.8 Å². The smallest absolute Gasteiger partial charge is 0.310 e. The number of aromatic nitrogens is 1. The van der Waals surface area contributed by atoms with Crippen LogP contribution in [0.25, 0.3) is 10.9 Å². The van der Waals surface area contributed by atoms with Crippen LogP contribution in [0.2, 0.25) is 0 Å². The Kier molecular flexibility index (Phi) is 2.92. The van der Waals surface area contributed by atoms with Crippen molar-refractivity contribution in [2.45, 2.75) is 26.2 Å². The van der Waals surface area contributed by atoms with Gasteiger partial charge in [0.05, 0.1) is 5.92 Å². The molecule has 2 aromatic rings. The van der Waals surface area contributed by atoms with Gasteiger partial charge in [0.15, 0.2) is 0 Å². The van der Waals surface area contributed by atoms with Gasteiger partial charge in [0.25, 0.3) is 0 Å². The van der Waals surface area contributed by atoms with Gasteiger partial charge < -0.3 is 9.67 Å². The Labute approximate surface area is 101 Å². The third-order valence-electron chi connectivity index (χ3n) is 3.42. The van der Waals surface area contributed by atoms with Crippen LogP contribution in [0.15, 0.2) is 24.3 Å². The number of aryl methyl sites for hydroxylation is 2. The van der Waals surface area contributed by atoms with Gasteiger partial charge in [-0.3, -0.25) is 4.79 Å². The third-order valence-corrected chi connectivity index (χ3v) is 3.42. The zero-order valence-corrected chi connectivity index (χ0v) is 10.4. The fraction of sp³-hybridized carbons (Fsp3) is 0.357. The maximum Gasteiger partial charge on any atom is 0.310 e. The number of benzene rings is 1. The molecular formula is C14H17NO2. The molecule has 0 saturated carbocycles. The standard InChI is InChI=1S/C14H17NO2/c1-4-12(14(16)17)10-5-6-13-11(8-10)7-9(2)15(13)3/h5-8,12H,4H2,1-3H3,(H,16,17). The average Bonchev–Trinajstić information content (AvgIpc) is 2.55. The van der Waals surface area contributed by atoms with E-state index in [4.69, 9.17) is 5.11 Å². The van der Waals surface area contributed by atoms with Crippen molar-refractivity contribution in [3.63, 3.8) is 0 Å². The molecular weight excluding hydrogens is 214 g/mol. The zero-order chi connectivity index (χ0) is 12.6. The summed E-state index contributed by atoms with van der Waals surface area (Å²) in [6.07, 6.45) is 0.618. The fourth-order valence-electron chi connectivity index (χ4n) is 2.28. The summed E-state index contributed by atoms with van der Waals surface area (Å²) in [6, 6.07) is 8.01. The summed E-state index contributed by atoms with van der Waals surface area (Å²) in [5.74, 6) is -1.15. The first-order valence-corrected chi connectivity index (χ1v) is 5.83. The Morgan fingerprint density at radius 1 is 1.41 bits per heavy atom. The Hall–Kier alpha value is -1.77. The third kappa shape index (κ3) is 1.93. The molecule has 90 valence electrons. The molecule has 0 bridgehead atoms. The molecule has 1 heterocycles. The van der Waals surface area contributed by atoms with E-state index in [1.54, 1.807) is 0 Å². The molecule has 1 unspecified atom stereocenters. The number of carbonyl (C=O) groups is 1. The molecule has 0 radical (unpaired) electrons. The van der Waals surface area contributed by atoms with Crippen LogP contribution in [0.5, 0.6) is 0 Å². The number of hydrogen-bond acceptors (Lipinski definition) is 1. The highest BCUT2D eigenvalue weighted by molar-refractivity contribution is 5.84. The molecule has 1 aromatic heterocycles. The zero-order valence-electron chi connectivity index (χ0n) is 10.4. The second-order valence-electron chi connectivity index (χ2n) is 4.46. The van der Waals surface area contributed by atoms with Crippen LogP contribution in [0.3, 0.4) is 0 Å². The maximum absolute atomic E-state index is 11.1. The maximum atomic E-state index is 11.1. The lowest BCUT2D eigenvalue weighted by atomic mass is 9.96. The quantitative estimate of drug-likeness (QED) is 0.882. The Morgan fingerprint density at radius 2 is 2.12 bits per heavy atom. The number of carboxylic acid groups (broad SMARTS) is 1. The molecule has 0 aliphatic rings. The fourth-order valence-corrected chi connectivity index (χ4v) is 2.28. The molecule has 0 saturated heterocycles. The van der Waals surface area contributed by atoms with Crippen molar-refractivity contribution in [1.82, 2.24) is 4.57 Å². The van der Waals surface area contributed by atoms with Crippen molar-refractivity contribution in [2.75, 3.05) is 0 Å². The number of carboxylic acids is 1. The van der Waals surface area contributed by atoms with E-state index in [2.05, 4.69) is 10.6 Å². The summed E-state index contributed by atoms with van der Waals surface area (Å²) in [7, 11) is 2.02. The second kappa shape index (κ2) is 4.24. The molecule has 3 heteroatoms. The normalized spacial score (nSPS) is 12.9. The van der Waals surface area contributed by atoms with E-state index in [1.165, 1.54) is 5.69 Å². The van der Waals surface area contributed by atoms with E-state index in [1.807, 2.05) is 39.1 Å². The minimum absolute atomic E-state index is 0.403. The predicted molar refractivity (Wildman–Crippen MR) is 68.3 cm³/mol. The highest BCUT2D eigenvalue weighted by Crippen LogP contribution is 2.26. The van der Waals surface area contributed by atoms with Crippen molar-refractivity contribution < 1.29 is 9.90 Å². The van der Waals surface area contributed by atoms with Gasteiger partial charge in [0.2, 0.25) is 0 Å². The number of rotatable bonds is 3. The number of aliphatic carboxylic acids is 1. The number of hydrogen-bond donors (Lipinski definition) is 1. The van der Waals surface area contributed by atoms with Crippen molar-refractivity contribution in [2.24, 2.45) is 7.05 Å². The van der Waals surface area contributed by atoms with Gasteiger partial charge in [0.1, 0.15) is 0 Å². The molecule has 0 spiro atoms. The lowest BCUT2D eigenvalue weighted by molar-refractivity contribution is -0.138. The largest absolute Gasteiger partial charge is 0.481 e. The molecule has 1 atom stereocenters. The first-order valence-electron chi connectivity index (χ1n) is 5.83. The molecule has 1 aromatic carbocycles. The lowest BCUT2D eigenvalue weighted by Crippen LogP contribution is -2.10. The van der Waals surface area contributed by atoms with Crippen LogP contribution < -0.4 is 0 Å². The topological polar surface area (TPSA) is 42.2 Å². The van der Waals surface area contributed by atoms with E-state index in [0.717, 1.165) is 16.5 Å². The Bertz CT molecular complexity index is 569. The summed E-state index contributed by atoms with van der Waals surface area (Å²) >= 11 is 0. The Balaban J connectivity index is 2.54. The highest BCUT2D eigenvalue weighted by Gasteiger charge is 2.18. The molecule has 1 N–H and O–H groups in total. The van der Waals surface area contributed by atoms with Crippen LogP contribution >= 0.6 is 0 Å². The van der Waals surface area contributed by atoms with Gasteiger partial charge in [-0.05, 0) is 37.1 Å². The van der Waals surface area contributed by atoms with Crippen molar-refractivity contribution in [1.29, 1.82) is 0 Å². The van der Waals surface area contributed by atoms with Gasteiger partial charge >= 0.3 is 5.97 Å².